The van der Waals surface area contributed by atoms with Crippen molar-refractivity contribution in [2.45, 2.75) is 13.1 Å². The summed E-state index contributed by atoms with van der Waals surface area (Å²) in [5, 5.41) is 0. The van der Waals surface area contributed by atoms with Crippen LogP contribution in [0.25, 0.3) is 0 Å². The molecule has 0 unspecified atom stereocenters. The largest absolute Gasteiger partial charge is 0.493 e. The number of halogens is 2. The van der Waals surface area contributed by atoms with Gasteiger partial charge in [0.1, 0.15) is 0 Å². The number of methoxy groups -OCH3 is 2. The lowest BCUT2D eigenvalue weighted by molar-refractivity contribution is 0.351. The second kappa shape index (κ2) is 8.47. The van der Waals surface area contributed by atoms with E-state index >= 15 is 0 Å². The van der Waals surface area contributed by atoms with Crippen molar-refractivity contribution in [3.05, 3.63) is 23.3 Å². The first kappa shape index (κ1) is 17.7. The molecular formula is C10H18Cl2N2O2. The highest BCUT2D eigenvalue weighted by Gasteiger charge is 2.10. The predicted octanol–water partition coefficient (Wildman–Crippen LogP) is 1.46. The number of benzene rings is 1. The molecule has 0 aliphatic carbocycles. The van der Waals surface area contributed by atoms with Crippen LogP contribution >= 0.6 is 24.8 Å². The molecule has 6 heteroatoms. The summed E-state index contributed by atoms with van der Waals surface area (Å²) < 4.78 is 10.4. The third-order valence-corrected chi connectivity index (χ3v) is 2.07. The molecule has 0 aliphatic heterocycles. The number of hydrogen-bond acceptors (Lipinski definition) is 4. The lowest BCUT2D eigenvalue weighted by Crippen LogP contribution is -2.05. The van der Waals surface area contributed by atoms with Crippen molar-refractivity contribution in [3.63, 3.8) is 0 Å². The predicted molar refractivity (Wildman–Crippen MR) is 69.8 cm³/mol. The van der Waals surface area contributed by atoms with Crippen LogP contribution in [0.1, 0.15) is 11.1 Å². The summed E-state index contributed by atoms with van der Waals surface area (Å²) in [7, 11) is 3.19. The number of ether oxygens (including phenoxy) is 2. The van der Waals surface area contributed by atoms with Gasteiger partial charge in [-0.1, -0.05) is 0 Å². The van der Waals surface area contributed by atoms with Gasteiger partial charge in [0.2, 0.25) is 0 Å². The Bertz CT molecular complexity index is 297. The molecule has 1 aromatic carbocycles. The van der Waals surface area contributed by atoms with Crippen molar-refractivity contribution in [2.24, 2.45) is 11.5 Å². The Morgan fingerprint density at radius 3 is 2.00 bits per heavy atom. The molecule has 0 fully saturated rings. The molecule has 0 bridgehead atoms. The van der Waals surface area contributed by atoms with Gasteiger partial charge in [0, 0.05) is 18.7 Å². The zero-order chi connectivity index (χ0) is 10.6. The monoisotopic (exact) mass is 268 g/mol. The first-order valence-electron chi connectivity index (χ1n) is 4.40. The summed E-state index contributed by atoms with van der Waals surface area (Å²) in [5.74, 6) is 1.36. The molecule has 0 amide bonds. The number of rotatable bonds is 4. The fourth-order valence-corrected chi connectivity index (χ4v) is 1.38. The van der Waals surface area contributed by atoms with Gasteiger partial charge < -0.3 is 20.9 Å². The van der Waals surface area contributed by atoms with Crippen LogP contribution in [0.15, 0.2) is 12.1 Å². The maximum absolute atomic E-state index is 5.60. The van der Waals surface area contributed by atoms with Crippen LogP contribution in [0.2, 0.25) is 0 Å². The topological polar surface area (TPSA) is 70.5 Å². The molecule has 0 aliphatic rings. The molecule has 0 aromatic heterocycles. The Labute approximate surface area is 108 Å². The van der Waals surface area contributed by atoms with E-state index in [0.717, 1.165) is 11.1 Å². The van der Waals surface area contributed by atoms with E-state index in [1.165, 1.54) is 0 Å². The second-order valence-corrected chi connectivity index (χ2v) is 2.90. The molecular weight excluding hydrogens is 251 g/mol. The van der Waals surface area contributed by atoms with E-state index in [2.05, 4.69) is 0 Å². The van der Waals surface area contributed by atoms with Crippen LogP contribution in [-0.2, 0) is 13.1 Å². The van der Waals surface area contributed by atoms with Gasteiger partial charge in [0.25, 0.3) is 0 Å². The standard InChI is InChI=1S/C10H16N2O2.2ClH/c1-13-9-4-7(5-11)3-8(6-12)10(9)14-2;;/h3-4H,5-6,11-12H2,1-2H3;2*1H. The SMILES string of the molecule is COc1cc(CN)cc(CN)c1OC.Cl.Cl. The van der Waals surface area contributed by atoms with Gasteiger partial charge in [-0.2, -0.15) is 0 Å². The highest BCUT2D eigenvalue weighted by atomic mass is 35.5. The highest BCUT2D eigenvalue weighted by molar-refractivity contribution is 5.85. The quantitative estimate of drug-likeness (QED) is 0.868. The van der Waals surface area contributed by atoms with Crippen LogP contribution in [0.5, 0.6) is 11.5 Å². The molecule has 0 radical (unpaired) electrons. The Kier molecular flexibility index (Phi) is 9.37. The van der Waals surface area contributed by atoms with Crippen molar-refractivity contribution >= 4 is 24.8 Å². The van der Waals surface area contributed by atoms with Gasteiger partial charge >= 0.3 is 0 Å². The lowest BCUT2D eigenvalue weighted by Gasteiger charge is -2.13. The zero-order valence-electron chi connectivity index (χ0n) is 9.36. The first-order valence-corrected chi connectivity index (χ1v) is 4.40. The van der Waals surface area contributed by atoms with Gasteiger partial charge in [-0.05, 0) is 17.7 Å². The summed E-state index contributed by atoms with van der Waals surface area (Å²) in [6.07, 6.45) is 0. The number of nitrogens with two attached hydrogens (primary N) is 2. The van der Waals surface area contributed by atoms with E-state index in [1.807, 2.05) is 12.1 Å². The smallest absolute Gasteiger partial charge is 0.165 e. The summed E-state index contributed by atoms with van der Waals surface area (Å²) in [5.41, 5.74) is 13.0. The van der Waals surface area contributed by atoms with Gasteiger partial charge in [0.15, 0.2) is 11.5 Å². The lowest BCUT2D eigenvalue weighted by atomic mass is 10.1. The molecule has 0 atom stereocenters. The summed E-state index contributed by atoms with van der Waals surface area (Å²) >= 11 is 0. The minimum atomic E-state index is 0. The van der Waals surface area contributed by atoms with Gasteiger partial charge in [0.05, 0.1) is 14.2 Å². The third-order valence-electron chi connectivity index (χ3n) is 2.07. The Balaban J connectivity index is 0. The summed E-state index contributed by atoms with van der Waals surface area (Å²) in [6.45, 7) is 0.876. The molecule has 0 saturated heterocycles. The molecule has 0 heterocycles. The fourth-order valence-electron chi connectivity index (χ4n) is 1.38. The minimum absolute atomic E-state index is 0. The maximum atomic E-state index is 5.60. The maximum Gasteiger partial charge on any atom is 0.165 e. The molecule has 1 aromatic rings. The van der Waals surface area contributed by atoms with E-state index in [1.54, 1.807) is 14.2 Å². The van der Waals surface area contributed by atoms with Crippen LogP contribution in [0.3, 0.4) is 0 Å². The van der Waals surface area contributed by atoms with Crippen molar-refractivity contribution < 1.29 is 9.47 Å². The fraction of sp³-hybridized carbons (Fsp3) is 0.400. The van der Waals surface area contributed by atoms with E-state index in [0.29, 0.717) is 24.6 Å². The van der Waals surface area contributed by atoms with Crippen molar-refractivity contribution in [3.8, 4) is 11.5 Å². The van der Waals surface area contributed by atoms with E-state index in [9.17, 15) is 0 Å². The Hall–Kier alpha value is -0.680. The summed E-state index contributed by atoms with van der Waals surface area (Å²) in [4.78, 5) is 0. The van der Waals surface area contributed by atoms with Gasteiger partial charge in [-0.3, -0.25) is 0 Å². The Morgan fingerprint density at radius 2 is 1.62 bits per heavy atom. The number of hydrogen-bond donors (Lipinski definition) is 2. The highest BCUT2D eigenvalue weighted by Crippen LogP contribution is 2.32. The first-order chi connectivity index (χ1) is 6.76. The third kappa shape index (κ3) is 3.72. The average molecular weight is 269 g/mol. The van der Waals surface area contributed by atoms with Crippen molar-refractivity contribution in [1.29, 1.82) is 0 Å². The van der Waals surface area contributed by atoms with Crippen LogP contribution < -0.4 is 20.9 Å². The molecule has 0 spiro atoms. The van der Waals surface area contributed by atoms with Gasteiger partial charge in [-0.25, -0.2) is 0 Å². The average Bonchev–Trinajstić information content (AvgIpc) is 2.26. The zero-order valence-corrected chi connectivity index (χ0v) is 11.0. The normalized spacial score (nSPS) is 8.75. The Morgan fingerprint density at radius 1 is 1.00 bits per heavy atom. The second-order valence-electron chi connectivity index (χ2n) is 2.90. The van der Waals surface area contributed by atoms with Crippen LogP contribution in [0, 0.1) is 0 Å². The van der Waals surface area contributed by atoms with E-state index < -0.39 is 0 Å². The minimum Gasteiger partial charge on any atom is -0.493 e. The molecule has 1 rings (SSSR count). The van der Waals surface area contributed by atoms with Crippen LogP contribution in [0.4, 0.5) is 0 Å². The molecule has 4 nitrogen and oxygen atoms in total. The molecule has 4 N–H and O–H groups in total. The van der Waals surface area contributed by atoms with Crippen molar-refractivity contribution in [2.75, 3.05) is 14.2 Å². The van der Waals surface area contributed by atoms with E-state index in [4.69, 9.17) is 20.9 Å². The summed E-state index contributed by atoms with van der Waals surface area (Å²) in [6, 6.07) is 3.79. The molecule has 0 saturated carbocycles. The van der Waals surface area contributed by atoms with Gasteiger partial charge in [-0.15, -0.1) is 24.8 Å². The molecule has 94 valence electrons. The van der Waals surface area contributed by atoms with Crippen LogP contribution in [-0.4, -0.2) is 14.2 Å². The molecule has 16 heavy (non-hydrogen) atoms. The van der Waals surface area contributed by atoms with E-state index in [-0.39, 0.29) is 24.8 Å². The van der Waals surface area contributed by atoms with Crippen molar-refractivity contribution in [1.82, 2.24) is 0 Å².